The van der Waals surface area contributed by atoms with Crippen molar-refractivity contribution in [3.63, 3.8) is 0 Å². The van der Waals surface area contributed by atoms with Crippen LogP contribution < -0.4 is 0 Å². The molecule has 5 atom stereocenters. The summed E-state index contributed by atoms with van der Waals surface area (Å²) in [6, 6.07) is 0. The van der Waals surface area contributed by atoms with E-state index in [4.69, 9.17) is 19.7 Å². The summed E-state index contributed by atoms with van der Waals surface area (Å²) in [5.74, 6) is 0. The summed E-state index contributed by atoms with van der Waals surface area (Å²) in [5, 5.41) is 46.8. The van der Waals surface area contributed by atoms with Crippen molar-refractivity contribution in [2.45, 2.75) is 75.7 Å². The van der Waals surface area contributed by atoms with Gasteiger partial charge in [-0.15, -0.1) is 0 Å². The summed E-state index contributed by atoms with van der Waals surface area (Å²) < 4.78 is 10.7. The summed E-state index contributed by atoms with van der Waals surface area (Å²) in [4.78, 5) is 0. The minimum Gasteiger partial charge on any atom is -0.396 e. The van der Waals surface area contributed by atoms with Crippen LogP contribution in [0.2, 0.25) is 0 Å². The number of aliphatic hydroxyl groups excluding tert-OH is 5. The van der Waals surface area contributed by atoms with Crippen LogP contribution in [0.1, 0.15) is 44.9 Å². The lowest BCUT2D eigenvalue weighted by atomic mass is 9.99. The van der Waals surface area contributed by atoms with Gasteiger partial charge in [-0.1, -0.05) is 32.1 Å². The van der Waals surface area contributed by atoms with E-state index >= 15 is 0 Å². The third kappa shape index (κ3) is 6.45. The zero-order valence-corrected chi connectivity index (χ0v) is 13.0. The van der Waals surface area contributed by atoms with E-state index in [1.165, 1.54) is 0 Å². The molecule has 0 bridgehead atoms. The van der Waals surface area contributed by atoms with Crippen molar-refractivity contribution >= 4 is 0 Å². The molecule has 0 spiro atoms. The third-order valence-corrected chi connectivity index (χ3v) is 3.93. The van der Waals surface area contributed by atoms with Crippen LogP contribution in [0.15, 0.2) is 0 Å². The van der Waals surface area contributed by atoms with E-state index in [1.807, 2.05) is 0 Å². The minimum absolute atomic E-state index is 0.257. The van der Waals surface area contributed by atoms with Crippen LogP contribution in [0.5, 0.6) is 0 Å². The van der Waals surface area contributed by atoms with E-state index in [1.54, 1.807) is 0 Å². The van der Waals surface area contributed by atoms with Crippen LogP contribution in [0, 0.1) is 0 Å². The normalized spacial score (nSPS) is 32.3. The quantitative estimate of drug-likeness (QED) is 0.326. The highest BCUT2D eigenvalue weighted by Gasteiger charge is 2.43. The standard InChI is InChI=1S/C15H30O7/c16-8-6-4-2-1-3-5-7-9-21-15-14(20)13(19)12(18)11(10-17)22-15/h11-20H,1-10H2/t11-,12-,13+,14+,15+/m1/s1. The number of aliphatic hydroxyl groups is 5. The second-order valence-electron chi connectivity index (χ2n) is 5.77. The molecule has 0 unspecified atom stereocenters. The molecule has 1 saturated heterocycles. The Morgan fingerprint density at radius 2 is 1.32 bits per heavy atom. The van der Waals surface area contributed by atoms with E-state index in [9.17, 15) is 15.3 Å². The fourth-order valence-electron chi connectivity index (χ4n) is 2.50. The van der Waals surface area contributed by atoms with Crippen LogP contribution in [0.25, 0.3) is 0 Å². The molecule has 5 N–H and O–H groups in total. The van der Waals surface area contributed by atoms with Gasteiger partial charge in [-0.2, -0.15) is 0 Å². The van der Waals surface area contributed by atoms with E-state index in [2.05, 4.69) is 0 Å². The fraction of sp³-hybridized carbons (Fsp3) is 1.00. The maximum Gasteiger partial charge on any atom is 0.186 e. The molecular formula is C15H30O7. The Morgan fingerprint density at radius 1 is 0.727 bits per heavy atom. The SMILES string of the molecule is OCCCCCCCCCO[C@H]1O[C@H](CO)[C@@H](O)[C@H](O)[C@@H]1O. The van der Waals surface area contributed by atoms with Gasteiger partial charge in [0, 0.05) is 13.2 Å². The first-order valence-corrected chi connectivity index (χ1v) is 8.14. The molecule has 0 aromatic carbocycles. The average molecular weight is 322 g/mol. The second-order valence-corrected chi connectivity index (χ2v) is 5.77. The van der Waals surface area contributed by atoms with Gasteiger partial charge < -0.3 is 35.0 Å². The van der Waals surface area contributed by atoms with E-state index in [-0.39, 0.29) is 6.61 Å². The van der Waals surface area contributed by atoms with E-state index < -0.39 is 37.3 Å². The zero-order valence-electron chi connectivity index (χ0n) is 13.0. The molecule has 0 amide bonds. The van der Waals surface area contributed by atoms with Gasteiger partial charge in [0.05, 0.1) is 6.61 Å². The van der Waals surface area contributed by atoms with Crippen molar-refractivity contribution < 1.29 is 35.0 Å². The topological polar surface area (TPSA) is 120 Å². The van der Waals surface area contributed by atoms with Crippen LogP contribution in [-0.2, 0) is 9.47 Å². The minimum atomic E-state index is -1.39. The molecule has 0 aromatic rings. The Hall–Kier alpha value is -0.280. The van der Waals surface area contributed by atoms with Crippen molar-refractivity contribution in [3.8, 4) is 0 Å². The summed E-state index contributed by atoms with van der Waals surface area (Å²) in [5.41, 5.74) is 0. The predicted octanol–water partition coefficient (Wildman–Crippen LogP) is -0.474. The molecule has 7 heteroatoms. The molecule has 0 aliphatic carbocycles. The molecule has 7 nitrogen and oxygen atoms in total. The monoisotopic (exact) mass is 322 g/mol. The molecule has 0 saturated carbocycles. The average Bonchev–Trinajstić information content (AvgIpc) is 2.53. The Kier molecular flexibility index (Phi) is 10.1. The van der Waals surface area contributed by atoms with Gasteiger partial charge in [-0.25, -0.2) is 0 Å². The smallest absolute Gasteiger partial charge is 0.186 e. The Labute approximate surface area is 131 Å². The van der Waals surface area contributed by atoms with Gasteiger partial charge >= 0.3 is 0 Å². The van der Waals surface area contributed by atoms with Gasteiger partial charge in [-0.3, -0.25) is 0 Å². The Bertz CT molecular complexity index is 275. The van der Waals surface area contributed by atoms with Crippen molar-refractivity contribution in [2.75, 3.05) is 19.8 Å². The summed E-state index contributed by atoms with van der Waals surface area (Å²) in [7, 11) is 0. The molecule has 0 aromatic heterocycles. The van der Waals surface area contributed by atoms with Gasteiger partial charge in [-0.05, 0) is 12.8 Å². The zero-order chi connectivity index (χ0) is 16.4. The number of unbranched alkanes of at least 4 members (excludes halogenated alkanes) is 6. The number of rotatable bonds is 11. The van der Waals surface area contributed by atoms with Crippen LogP contribution >= 0.6 is 0 Å². The summed E-state index contributed by atoms with van der Waals surface area (Å²) in [6.45, 7) is 0.199. The first-order valence-electron chi connectivity index (χ1n) is 8.14. The molecular weight excluding hydrogens is 292 g/mol. The molecule has 132 valence electrons. The first-order chi connectivity index (χ1) is 10.6. The van der Waals surface area contributed by atoms with Crippen molar-refractivity contribution in [2.24, 2.45) is 0 Å². The fourth-order valence-corrected chi connectivity index (χ4v) is 2.50. The second kappa shape index (κ2) is 11.3. The number of hydrogen-bond donors (Lipinski definition) is 5. The van der Waals surface area contributed by atoms with Crippen molar-refractivity contribution in [1.82, 2.24) is 0 Å². The maximum absolute atomic E-state index is 9.78. The van der Waals surface area contributed by atoms with Gasteiger partial charge in [0.2, 0.25) is 0 Å². The highest BCUT2D eigenvalue weighted by Crippen LogP contribution is 2.22. The molecule has 1 aliphatic rings. The van der Waals surface area contributed by atoms with Crippen LogP contribution in [0.4, 0.5) is 0 Å². The lowest BCUT2D eigenvalue weighted by Crippen LogP contribution is -2.59. The molecule has 22 heavy (non-hydrogen) atoms. The summed E-state index contributed by atoms with van der Waals surface area (Å²) in [6.07, 6.45) is 1.05. The van der Waals surface area contributed by atoms with Crippen LogP contribution in [-0.4, -0.2) is 76.1 Å². The Balaban J connectivity index is 2.11. The van der Waals surface area contributed by atoms with E-state index in [0.717, 1.165) is 44.9 Å². The maximum atomic E-state index is 9.78. The Morgan fingerprint density at radius 3 is 1.91 bits per heavy atom. The molecule has 1 rings (SSSR count). The molecule has 1 fully saturated rings. The third-order valence-electron chi connectivity index (χ3n) is 3.93. The molecule has 1 heterocycles. The number of ether oxygens (including phenoxy) is 2. The van der Waals surface area contributed by atoms with Crippen molar-refractivity contribution in [3.05, 3.63) is 0 Å². The molecule has 0 radical (unpaired) electrons. The van der Waals surface area contributed by atoms with E-state index in [0.29, 0.717) is 6.61 Å². The lowest BCUT2D eigenvalue weighted by molar-refractivity contribution is -0.301. The predicted molar refractivity (Wildman–Crippen MR) is 79.1 cm³/mol. The van der Waals surface area contributed by atoms with Gasteiger partial charge in [0.15, 0.2) is 6.29 Å². The van der Waals surface area contributed by atoms with Gasteiger partial charge in [0.1, 0.15) is 24.4 Å². The highest BCUT2D eigenvalue weighted by atomic mass is 16.7. The highest BCUT2D eigenvalue weighted by molar-refractivity contribution is 4.88. The van der Waals surface area contributed by atoms with Crippen LogP contribution in [0.3, 0.4) is 0 Å². The lowest BCUT2D eigenvalue weighted by Gasteiger charge is -2.39. The largest absolute Gasteiger partial charge is 0.396 e. The first kappa shape index (κ1) is 19.8. The van der Waals surface area contributed by atoms with Gasteiger partial charge in [0.25, 0.3) is 0 Å². The number of hydrogen-bond acceptors (Lipinski definition) is 7. The summed E-state index contributed by atoms with van der Waals surface area (Å²) >= 11 is 0. The molecule has 1 aliphatic heterocycles. The van der Waals surface area contributed by atoms with Crippen molar-refractivity contribution in [1.29, 1.82) is 0 Å².